The maximum absolute atomic E-state index is 10.6. The number of aliphatic carboxylic acids is 2. The second-order valence-electron chi connectivity index (χ2n) is 8.53. The normalized spacial score (nSPS) is 15.5. The third kappa shape index (κ3) is 11.4. The minimum Gasteiger partial charge on any atom is -0.475 e. The van der Waals surface area contributed by atoms with Crippen LogP contribution in [0.25, 0.3) is 0 Å². The van der Waals surface area contributed by atoms with Crippen LogP contribution in [0.2, 0.25) is 0 Å². The van der Waals surface area contributed by atoms with Crippen LogP contribution in [-0.2, 0) is 40.6 Å². The van der Waals surface area contributed by atoms with E-state index in [1.807, 2.05) is 37.5 Å². The zero-order valence-electron chi connectivity index (χ0n) is 21.0. The predicted octanol–water partition coefficient (Wildman–Crippen LogP) is 4.29. The molecule has 0 amide bonds. The number of carbonyl (C=O) groups is 2. The molecular weight excluding hydrogens is 554 g/mol. The van der Waals surface area contributed by atoms with E-state index in [1.165, 1.54) is 0 Å². The van der Waals surface area contributed by atoms with Crippen LogP contribution in [0.5, 0.6) is 0 Å². The monoisotopic (exact) mass is 580 g/mol. The maximum Gasteiger partial charge on any atom is 0.490 e. The Labute approximate surface area is 223 Å². The summed E-state index contributed by atoms with van der Waals surface area (Å²) in [5.74, 6) is -2.06. The fourth-order valence-corrected chi connectivity index (χ4v) is 3.47. The van der Waals surface area contributed by atoms with Crippen LogP contribution < -0.4 is 0 Å². The number of rotatable bonds is 6. The third-order valence-corrected chi connectivity index (χ3v) is 5.14. The van der Waals surface area contributed by atoms with Crippen molar-refractivity contribution in [3.05, 3.63) is 72.0 Å². The van der Waals surface area contributed by atoms with Crippen LogP contribution in [-0.4, -0.2) is 67.1 Å². The zero-order valence-corrected chi connectivity index (χ0v) is 21.0. The van der Waals surface area contributed by atoms with E-state index in [9.17, 15) is 26.3 Å². The van der Waals surface area contributed by atoms with Crippen LogP contribution in [0.15, 0.2) is 53.5 Å². The molecule has 0 spiro atoms. The van der Waals surface area contributed by atoms with E-state index in [4.69, 9.17) is 29.0 Å². The summed E-state index contributed by atoms with van der Waals surface area (Å²) in [6.07, 6.45) is -2.59. The molecule has 3 aromatic heterocycles. The molecule has 4 rings (SSSR count). The summed E-state index contributed by atoms with van der Waals surface area (Å²) in [6, 6.07) is 8.05. The Morgan fingerprint density at radius 1 is 1.05 bits per heavy atom. The van der Waals surface area contributed by atoms with Crippen LogP contribution in [0.4, 0.5) is 26.3 Å². The van der Waals surface area contributed by atoms with Gasteiger partial charge in [-0.1, -0.05) is 6.07 Å². The van der Waals surface area contributed by atoms with E-state index >= 15 is 0 Å². The van der Waals surface area contributed by atoms with Crippen LogP contribution in [0, 0.1) is 12.8 Å². The van der Waals surface area contributed by atoms with Gasteiger partial charge in [0.25, 0.3) is 0 Å². The first-order chi connectivity index (χ1) is 18.6. The fraction of sp³-hybridized carbons (Fsp3) is 0.417. The summed E-state index contributed by atoms with van der Waals surface area (Å²) < 4.78 is 77.5. The molecule has 0 bridgehead atoms. The van der Waals surface area contributed by atoms with Crippen molar-refractivity contribution < 1.29 is 55.3 Å². The van der Waals surface area contributed by atoms with Gasteiger partial charge in [0, 0.05) is 43.8 Å². The molecule has 2 N–H and O–H groups in total. The number of halogens is 6. The lowest BCUT2D eigenvalue weighted by atomic mass is 10.1. The van der Waals surface area contributed by atoms with Gasteiger partial charge in [-0.2, -0.15) is 26.3 Å². The Hall–Kier alpha value is -3.92. The van der Waals surface area contributed by atoms with Crippen molar-refractivity contribution in [2.75, 3.05) is 13.2 Å². The molecule has 0 aliphatic carbocycles. The maximum atomic E-state index is 10.6. The van der Waals surface area contributed by atoms with Crippen molar-refractivity contribution in [3.8, 4) is 0 Å². The number of carboxylic acid groups (broad SMARTS) is 2. The summed E-state index contributed by atoms with van der Waals surface area (Å²) in [4.78, 5) is 28.8. The minimum atomic E-state index is -5.08. The molecule has 10 nitrogen and oxygen atoms in total. The van der Waals surface area contributed by atoms with Crippen molar-refractivity contribution in [1.29, 1.82) is 0 Å². The lowest BCUT2D eigenvalue weighted by molar-refractivity contribution is -0.193. The van der Waals surface area contributed by atoms with Gasteiger partial charge >= 0.3 is 24.3 Å². The molecule has 16 heteroatoms. The van der Waals surface area contributed by atoms with Crippen molar-refractivity contribution >= 4 is 11.9 Å². The number of hydrogen-bond acceptors (Lipinski definition) is 7. The van der Waals surface area contributed by atoms with Crippen molar-refractivity contribution in [3.63, 3.8) is 0 Å². The zero-order chi connectivity index (χ0) is 29.9. The van der Waals surface area contributed by atoms with Crippen LogP contribution in [0.1, 0.15) is 22.9 Å². The van der Waals surface area contributed by atoms with E-state index in [0.29, 0.717) is 19.1 Å². The second kappa shape index (κ2) is 14.5. The molecule has 4 heterocycles. The molecule has 0 saturated heterocycles. The number of nitrogens with zero attached hydrogens (tertiary/aromatic N) is 4. The topological polar surface area (TPSA) is 131 Å². The SMILES string of the molecule is Cc1ccc(CN2Cc3nccn3CC(COCc3cccnc3)C2)o1.O=C(O)C(F)(F)F.O=C(O)C(F)(F)F. The summed E-state index contributed by atoms with van der Waals surface area (Å²) >= 11 is 0. The number of pyridine rings is 1. The molecule has 40 heavy (non-hydrogen) atoms. The first kappa shape index (κ1) is 32.3. The van der Waals surface area contributed by atoms with Gasteiger partial charge in [-0.15, -0.1) is 0 Å². The number of furan rings is 1. The Kier molecular flexibility index (Phi) is 11.7. The van der Waals surface area contributed by atoms with Crippen LogP contribution in [0.3, 0.4) is 0 Å². The number of alkyl halides is 6. The average Bonchev–Trinajstić information content (AvgIpc) is 3.43. The summed E-state index contributed by atoms with van der Waals surface area (Å²) in [5.41, 5.74) is 1.10. The quantitative estimate of drug-likeness (QED) is 0.410. The molecule has 0 saturated carbocycles. The second-order valence-corrected chi connectivity index (χ2v) is 8.53. The minimum absolute atomic E-state index is 0.401. The van der Waals surface area contributed by atoms with E-state index in [0.717, 1.165) is 49.1 Å². The van der Waals surface area contributed by atoms with E-state index in [1.54, 1.807) is 6.20 Å². The highest BCUT2D eigenvalue weighted by atomic mass is 19.4. The number of hydrogen-bond donors (Lipinski definition) is 2. The van der Waals surface area contributed by atoms with Gasteiger partial charge in [-0.05, 0) is 30.7 Å². The molecule has 3 aromatic rings. The molecule has 1 aliphatic rings. The molecule has 1 unspecified atom stereocenters. The van der Waals surface area contributed by atoms with Gasteiger partial charge in [0.05, 0.1) is 26.3 Å². The van der Waals surface area contributed by atoms with Gasteiger partial charge in [-0.25, -0.2) is 14.6 Å². The Bertz CT molecular complexity index is 1190. The number of fused-ring (bicyclic) bond motifs is 1. The van der Waals surface area contributed by atoms with E-state index in [-0.39, 0.29) is 0 Å². The number of ether oxygens (including phenoxy) is 1. The summed E-state index contributed by atoms with van der Waals surface area (Å²) in [5, 5.41) is 14.2. The van der Waals surface area contributed by atoms with Crippen LogP contribution >= 0.6 is 0 Å². The Morgan fingerprint density at radius 2 is 1.70 bits per heavy atom. The smallest absolute Gasteiger partial charge is 0.475 e. The predicted molar refractivity (Wildman–Crippen MR) is 125 cm³/mol. The number of carboxylic acids is 2. The lowest BCUT2D eigenvalue weighted by Gasteiger charge is -2.22. The molecule has 1 aliphatic heterocycles. The first-order valence-corrected chi connectivity index (χ1v) is 11.5. The molecule has 220 valence electrons. The van der Waals surface area contributed by atoms with E-state index in [2.05, 4.69) is 31.7 Å². The Balaban J connectivity index is 0.000000333. The van der Waals surface area contributed by atoms with Gasteiger partial charge in [0.1, 0.15) is 17.3 Å². The van der Waals surface area contributed by atoms with E-state index < -0.39 is 24.3 Å². The van der Waals surface area contributed by atoms with Gasteiger partial charge in [0.15, 0.2) is 0 Å². The third-order valence-electron chi connectivity index (χ3n) is 5.14. The number of aromatic nitrogens is 3. The van der Waals surface area contributed by atoms with Crippen molar-refractivity contribution in [2.24, 2.45) is 5.92 Å². The molecule has 0 radical (unpaired) electrons. The molecule has 0 aromatic carbocycles. The first-order valence-electron chi connectivity index (χ1n) is 11.5. The van der Waals surface area contributed by atoms with Crippen molar-refractivity contribution in [2.45, 2.75) is 45.5 Å². The molecular formula is C24H26F6N4O6. The fourth-order valence-electron chi connectivity index (χ4n) is 3.47. The highest BCUT2D eigenvalue weighted by molar-refractivity contribution is 5.73. The molecule has 1 atom stereocenters. The lowest BCUT2D eigenvalue weighted by Crippen LogP contribution is -2.30. The highest BCUT2D eigenvalue weighted by Gasteiger charge is 2.38. The Morgan fingerprint density at radius 3 is 2.23 bits per heavy atom. The standard InChI is InChI=1S/C20H24N4O2.2C2HF3O2/c1-16-4-5-19(26-16)12-23-10-18(11-24-8-7-22-20(24)13-23)15-25-14-17-3-2-6-21-9-17;2*3-2(4,5)1(6)7/h2-9,18H,10-15H2,1H3;2*(H,6,7). The summed E-state index contributed by atoms with van der Waals surface area (Å²) in [6.45, 7) is 6.78. The number of imidazole rings is 1. The van der Waals surface area contributed by atoms with Gasteiger partial charge < -0.3 is 23.9 Å². The highest BCUT2D eigenvalue weighted by Crippen LogP contribution is 2.20. The average molecular weight is 580 g/mol. The van der Waals surface area contributed by atoms with Gasteiger partial charge in [0.2, 0.25) is 0 Å². The van der Waals surface area contributed by atoms with Crippen molar-refractivity contribution in [1.82, 2.24) is 19.4 Å². The number of aryl methyl sites for hydroxylation is 1. The summed E-state index contributed by atoms with van der Waals surface area (Å²) in [7, 11) is 0. The largest absolute Gasteiger partial charge is 0.490 e. The van der Waals surface area contributed by atoms with Gasteiger partial charge in [-0.3, -0.25) is 9.88 Å². The molecule has 0 fully saturated rings.